The lowest BCUT2D eigenvalue weighted by Crippen LogP contribution is -2.04. The number of hydrogen-bond acceptors (Lipinski definition) is 3. The van der Waals surface area contributed by atoms with Gasteiger partial charge < -0.3 is 5.11 Å². The molecule has 20 heavy (non-hydrogen) atoms. The second-order valence-corrected chi connectivity index (χ2v) is 4.38. The first-order chi connectivity index (χ1) is 9.65. The first kappa shape index (κ1) is 12.2. The largest absolute Gasteiger partial charge is 0.477 e. The topological polar surface area (TPSA) is 83.8 Å². The van der Waals surface area contributed by atoms with Crippen molar-refractivity contribution in [1.82, 2.24) is 20.0 Å². The number of H-pyrrole nitrogens is 1. The summed E-state index contributed by atoms with van der Waals surface area (Å²) in [7, 11) is 1.60. The molecule has 0 unspecified atom stereocenters. The van der Waals surface area contributed by atoms with E-state index in [1.807, 2.05) is 36.4 Å². The second kappa shape index (κ2) is 4.65. The van der Waals surface area contributed by atoms with E-state index in [0.29, 0.717) is 11.4 Å². The summed E-state index contributed by atoms with van der Waals surface area (Å²) in [6.45, 7) is 0. The van der Waals surface area contributed by atoms with Crippen LogP contribution < -0.4 is 0 Å². The Balaban J connectivity index is 1.98. The highest BCUT2D eigenvalue weighted by molar-refractivity contribution is 5.87. The number of aryl methyl sites for hydroxylation is 1. The van der Waals surface area contributed by atoms with Crippen LogP contribution in [0.2, 0.25) is 0 Å². The molecular weight excluding hydrogens is 256 g/mol. The van der Waals surface area contributed by atoms with Crippen molar-refractivity contribution in [3.63, 3.8) is 0 Å². The summed E-state index contributed by atoms with van der Waals surface area (Å²) in [5.74, 6) is -1.01. The Hall–Kier alpha value is -2.89. The monoisotopic (exact) mass is 268 g/mol. The van der Waals surface area contributed by atoms with Gasteiger partial charge in [-0.15, -0.1) is 0 Å². The SMILES string of the molecule is Cn1nc(-c2cc(-c3ccccc3)n[nH]2)cc1C(=O)O. The van der Waals surface area contributed by atoms with Crippen LogP contribution in [0, 0.1) is 0 Å². The zero-order valence-corrected chi connectivity index (χ0v) is 10.7. The van der Waals surface area contributed by atoms with Gasteiger partial charge in [0.2, 0.25) is 0 Å². The van der Waals surface area contributed by atoms with Gasteiger partial charge in [-0.25, -0.2) is 4.79 Å². The standard InChI is InChI=1S/C14H12N4O2/c1-18-13(14(19)20)8-12(17-18)11-7-10(15-16-11)9-5-3-2-4-6-9/h2-8H,1H3,(H,15,16)(H,19,20). The third kappa shape index (κ3) is 2.07. The Morgan fingerprint density at radius 1 is 1.20 bits per heavy atom. The zero-order chi connectivity index (χ0) is 14.1. The van der Waals surface area contributed by atoms with Gasteiger partial charge in [0.1, 0.15) is 11.4 Å². The van der Waals surface area contributed by atoms with Gasteiger partial charge in [0.25, 0.3) is 0 Å². The van der Waals surface area contributed by atoms with Gasteiger partial charge in [0, 0.05) is 18.7 Å². The lowest BCUT2D eigenvalue weighted by molar-refractivity contribution is 0.0685. The third-order valence-corrected chi connectivity index (χ3v) is 3.02. The molecule has 0 saturated carbocycles. The molecule has 0 aliphatic rings. The number of hydrogen-bond donors (Lipinski definition) is 2. The highest BCUT2D eigenvalue weighted by Crippen LogP contribution is 2.23. The minimum absolute atomic E-state index is 0.135. The number of rotatable bonds is 3. The molecule has 2 aromatic heterocycles. The summed E-state index contributed by atoms with van der Waals surface area (Å²) in [6.07, 6.45) is 0. The van der Waals surface area contributed by atoms with Crippen LogP contribution in [0.1, 0.15) is 10.5 Å². The fourth-order valence-corrected chi connectivity index (χ4v) is 2.01. The van der Waals surface area contributed by atoms with Crippen molar-refractivity contribution in [2.45, 2.75) is 0 Å². The molecule has 6 nitrogen and oxygen atoms in total. The van der Waals surface area contributed by atoms with E-state index in [-0.39, 0.29) is 5.69 Å². The van der Waals surface area contributed by atoms with Gasteiger partial charge in [-0.2, -0.15) is 10.2 Å². The van der Waals surface area contributed by atoms with Crippen molar-refractivity contribution in [3.05, 3.63) is 48.2 Å². The molecule has 0 spiro atoms. The highest BCUT2D eigenvalue weighted by atomic mass is 16.4. The molecule has 6 heteroatoms. The van der Waals surface area contributed by atoms with Crippen molar-refractivity contribution in [1.29, 1.82) is 0 Å². The van der Waals surface area contributed by atoms with Gasteiger partial charge in [-0.05, 0) is 6.07 Å². The molecule has 3 aromatic rings. The van der Waals surface area contributed by atoms with Gasteiger partial charge in [0.15, 0.2) is 0 Å². The Morgan fingerprint density at radius 2 is 1.95 bits per heavy atom. The molecule has 0 saturated heterocycles. The first-order valence-electron chi connectivity index (χ1n) is 6.03. The number of nitrogens with zero attached hydrogens (tertiary/aromatic N) is 3. The quantitative estimate of drug-likeness (QED) is 0.762. The molecule has 2 heterocycles. The van der Waals surface area contributed by atoms with Crippen LogP contribution in [0.5, 0.6) is 0 Å². The Morgan fingerprint density at radius 3 is 2.60 bits per heavy atom. The Kier molecular flexibility index (Phi) is 2.83. The molecule has 100 valence electrons. The van der Waals surface area contributed by atoms with Crippen LogP contribution in [0.15, 0.2) is 42.5 Å². The number of carboxylic acid groups (broad SMARTS) is 1. The summed E-state index contributed by atoms with van der Waals surface area (Å²) in [4.78, 5) is 11.0. The van der Waals surface area contributed by atoms with Crippen LogP contribution >= 0.6 is 0 Å². The van der Waals surface area contributed by atoms with Crippen LogP contribution in [0.4, 0.5) is 0 Å². The average molecular weight is 268 g/mol. The highest BCUT2D eigenvalue weighted by Gasteiger charge is 2.14. The number of benzene rings is 1. The van der Waals surface area contributed by atoms with Gasteiger partial charge in [-0.1, -0.05) is 30.3 Å². The summed E-state index contributed by atoms with van der Waals surface area (Å²) >= 11 is 0. The molecule has 0 fully saturated rings. The summed E-state index contributed by atoms with van der Waals surface area (Å²) < 4.78 is 1.33. The van der Waals surface area contributed by atoms with E-state index < -0.39 is 5.97 Å². The number of carbonyl (C=O) groups is 1. The lowest BCUT2D eigenvalue weighted by Gasteiger charge is -1.92. The van der Waals surface area contributed by atoms with Gasteiger partial charge in [0.05, 0.1) is 11.4 Å². The molecule has 2 N–H and O–H groups in total. The maximum absolute atomic E-state index is 11.0. The minimum atomic E-state index is -1.01. The summed E-state index contributed by atoms with van der Waals surface area (Å²) in [5.41, 5.74) is 3.16. The van der Waals surface area contributed by atoms with Crippen molar-refractivity contribution < 1.29 is 9.90 Å². The average Bonchev–Trinajstić information content (AvgIpc) is 3.06. The molecule has 0 bridgehead atoms. The van der Waals surface area contributed by atoms with E-state index in [0.717, 1.165) is 11.3 Å². The third-order valence-electron chi connectivity index (χ3n) is 3.02. The van der Waals surface area contributed by atoms with Crippen molar-refractivity contribution >= 4 is 5.97 Å². The van der Waals surface area contributed by atoms with Crippen LogP contribution in [0.3, 0.4) is 0 Å². The van der Waals surface area contributed by atoms with Crippen molar-refractivity contribution in [2.75, 3.05) is 0 Å². The first-order valence-corrected chi connectivity index (χ1v) is 6.03. The van der Waals surface area contributed by atoms with Gasteiger partial charge in [-0.3, -0.25) is 9.78 Å². The molecule has 3 rings (SSSR count). The van der Waals surface area contributed by atoms with Crippen LogP contribution in [0.25, 0.3) is 22.6 Å². The number of aromatic amines is 1. The van der Waals surface area contributed by atoms with E-state index in [4.69, 9.17) is 5.11 Å². The molecule has 1 aromatic carbocycles. The molecule has 0 aliphatic heterocycles. The van der Waals surface area contributed by atoms with E-state index in [1.165, 1.54) is 10.7 Å². The van der Waals surface area contributed by atoms with E-state index >= 15 is 0 Å². The molecular formula is C14H12N4O2. The summed E-state index contributed by atoms with van der Waals surface area (Å²) in [5, 5.41) is 20.3. The zero-order valence-electron chi connectivity index (χ0n) is 10.7. The predicted octanol–water partition coefficient (Wildman–Crippen LogP) is 2.18. The second-order valence-electron chi connectivity index (χ2n) is 4.38. The fraction of sp³-hybridized carbons (Fsp3) is 0.0714. The number of aromatic nitrogens is 4. The maximum Gasteiger partial charge on any atom is 0.354 e. The van der Waals surface area contributed by atoms with Crippen molar-refractivity contribution in [2.24, 2.45) is 7.05 Å². The number of carboxylic acids is 1. The molecule has 0 amide bonds. The van der Waals surface area contributed by atoms with Crippen molar-refractivity contribution in [3.8, 4) is 22.6 Å². The van der Waals surface area contributed by atoms with Crippen LogP contribution in [-0.4, -0.2) is 31.1 Å². The molecule has 0 aliphatic carbocycles. The summed E-state index contributed by atoms with van der Waals surface area (Å²) in [6, 6.07) is 13.1. The number of aromatic carboxylic acids is 1. The Bertz CT molecular complexity index is 759. The normalized spacial score (nSPS) is 10.7. The smallest absolute Gasteiger partial charge is 0.354 e. The minimum Gasteiger partial charge on any atom is -0.477 e. The van der Waals surface area contributed by atoms with Crippen LogP contribution in [-0.2, 0) is 7.05 Å². The fourth-order valence-electron chi connectivity index (χ4n) is 2.01. The number of nitrogens with one attached hydrogen (secondary N) is 1. The molecule has 0 radical (unpaired) electrons. The van der Waals surface area contributed by atoms with E-state index in [2.05, 4.69) is 15.3 Å². The lowest BCUT2D eigenvalue weighted by atomic mass is 10.1. The van der Waals surface area contributed by atoms with E-state index in [1.54, 1.807) is 7.05 Å². The predicted molar refractivity (Wildman–Crippen MR) is 73.2 cm³/mol. The molecule has 0 atom stereocenters. The Labute approximate surface area is 114 Å². The maximum atomic E-state index is 11.0. The van der Waals surface area contributed by atoms with E-state index in [9.17, 15) is 4.79 Å². The van der Waals surface area contributed by atoms with Gasteiger partial charge >= 0.3 is 5.97 Å².